The van der Waals surface area contributed by atoms with Gasteiger partial charge in [-0.25, -0.2) is 0 Å². The van der Waals surface area contributed by atoms with E-state index in [0.717, 1.165) is 5.56 Å². The molecule has 2 heterocycles. The summed E-state index contributed by atoms with van der Waals surface area (Å²) in [6.07, 6.45) is -3.84. The van der Waals surface area contributed by atoms with Gasteiger partial charge in [-0.2, -0.15) is 18.3 Å². The van der Waals surface area contributed by atoms with Gasteiger partial charge in [0.2, 0.25) is 0 Å². The molecule has 0 saturated carbocycles. The molecule has 2 rings (SSSR count). The zero-order chi connectivity index (χ0) is 17.7. The number of alkyl halides is 3. The Bertz CT molecular complexity index is 561. The molecule has 0 bridgehead atoms. The van der Waals surface area contributed by atoms with E-state index in [4.69, 9.17) is 9.84 Å². The average Bonchev–Trinajstić information content (AvgIpc) is 2.97. The minimum absolute atomic E-state index is 0.233. The second-order valence-corrected chi connectivity index (χ2v) is 5.50. The van der Waals surface area contributed by atoms with Crippen LogP contribution in [-0.2, 0) is 11.8 Å². The van der Waals surface area contributed by atoms with E-state index in [1.807, 2.05) is 18.0 Å². The number of aliphatic hydroxyl groups is 1. The largest absolute Gasteiger partial charge is 0.416 e. The maximum atomic E-state index is 12.4. The summed E-state index contributed by atoms with van der Waals surface area (Å²) < 4.78 is 44.7. The summed E-state index contributed by atoms with van der Waals surface area (Å²) in [4.78, 5) is 5.75. The predicted octanol–water partition coefficient (Wildman–Crippen LogP) is 0.682. The van der Waals surface area contributed by atoms with Gasteiger partial charge in [0, 0.05) is 31.9 Å². The SMILES string of the molecule is CCNC(=NCC(O)C(F)(F)F)N1CCOC(c2cnn(C)c2)C1. The fraction of sp³-hybridized carbons (Fsp3) is 0.714. The number of ether oxygens (including phenoxy) is 1. The van der Waals surface area contributed by atoms with Crippen molar-refractivity contribution >= 4 is 5.96 Å². The molecular formula is C14H22F3N5O2. The van der Waals surface area contributed by atoms with E-state index in [2.05, 4.69) is 15.4 Å². The first kappa shape index (κ1) is 18.5. The molecule has 1 saturated heterocycles. The average molecular weight is 349 g/mol. The second kappa shape index (κ2) is 7.84. The number of halogens is 3. The van der Waals surface area contributed by atoms with Gasteiger partial charge in [0.15, 0.2) is 12.1 Å². The number of aliphatic imine (C=N–C) groups is 1. The summed E-state index contributed by atoms with van der Waals surface area (Å²) in [5.74, 6) is 0.331. The minimum atomic E-state index is -4.68. The number of morpholine rings is 1. The fourth-order valence-electron chi connectivity index (χ4n) is 2.35. The monoisotopic (exact) mass is 349 g/mol. The van der Waals surface area contributed by atoms with Gasteiger partial charge in [-0.1, -0.05) is 0 Å². The smallest absolute Gasteiger partial charge is 0.382 e. The highest BCUT2D eigenvalue weighted by atomic mass is 19.4. The van der Waals surface area contributed by atoms with Crippen LogP contribution in [0.2, 0.25) is 0 Å². The van der Waals surface area contributed by atoms with E-state index >= 15 is 0 Å². The highest BCUT2D eigenvalue weighted by Gasteiger charge is 2.38. The van der Waals surface area contributed by atoms with Gasteiger partial charge in [0.25, 0.3) is 0 Å². The predicted molar refractivity (Wildman–Crippen MR) is 81.5 cm³/mol. The van der Waals surface area contributed by atoms with Gasteiger partial charge in [-0.05, 0) is 6.92 Å². The lowest BCUT2D eigenvalue weighted by Gasteiger charge is -2.35. The molecule has 0 aromatic carbocycles. The summed E-state index contributed by atoms with van der Waals surface area (Å²) in [6, 6.07) is 0. The number of nitrogens with one attached hydrogen (secondary N) is 1. The molecule has 0 spiro atoms. The van der Waals surface area contributed by atoms with Crippen LogP contribution in [-0.4, -0.2) is 70.8 Å². The van der Waals surface area contributed by atoms with Gasteiger partial charge in [0.1, 0.15) is 6.10 Å². The molecule has 1 fully saturated rings. The van der Waals surface area contributed by atoms with Crippen molar-refractivity contribution in [2.45, 2.75) is 25.3 Å². The molecule has 2 N–H and O–H groups in total. The number of hydrogen-bond acceptors (Lipinski definition) is 4. The molecule has 0 radical (unpaired) electrons. The van der Waals surface area contributed by atoms with Crippen LogP contribution in [0.15, 0.2) is 17.4 Å². The Balaban J connectivity index is 2.06. The third-order valence-corrected chi connectivity index (χ3v) is 3.59. The zero-order valence-electron chi connectivity index (χ0n) is 13.6. The van der Waals surface area contributed by atoms with E-state index in [0.29, 0.717) is 32.2 Å². The molecule has 0 amide bonds. The highest BCUT2D eigenvalue weighted by molar-refractivity contribution is 5.80. The minimum Gasteiger partial charge on any atom is -0.382 e. The van der Waals surface area contributed by atoms with Crippen molar-refractivity contribution in [1.29, 1.82) is 0 Å². The lowest BCUT2D eigenvalue weighted by Crippen LogP contribution is -2.48. The number of aryl methyl sites for hydroxylation is 1. The molecule has 7 nitrogen and oxygen atoms in total. The Morgan fingerprint density at radius 1 is 1.58 bits per heavy atom. The van der Waals surface area contributed by atoms with Crippen molar-refractivity contribution in [3.8, 4) is 0 Å². The summed E-state index contributed by atoms with van der Waals surface area (Å²) in [6.45, 7) is 2.97. The van der Waals surface area contributed by atoms with Crippen LogP contribution in [0.4, 0.5) is 13.2 Å². The van der Waals surface area contributed by atoms with E-state index in [1.165, 1.54) is 0 Å². The molecule has 1 aromatic heterocycles. The zero-order valence-corrected chi connectivity index (χ0v) is 13.6. The topological polar surface area (TPSA) is 74.9 Å². The van der Waals surface area contributed by atoms with Gasteiger partial charge in [-0.15, -0.1) is 0 Å². The molecule has 2 unspecified atom stereocenters. The van der Waals surface area contributed by atoms with Gasteiger partial charge < -0.3 is 20.1 Å². The number of nitrogens with zero attached hydrogens (tertiary/aromatic N) is 4. The van der Waals surface area contributed by atoms with E-state index < -0.39 is 18.8 Å². The number of aliphatic hydroxyl groups excluding tert-OH is 1. The Labute approximate surface area is 138 Å². The standard InChI is InChI=1S/C14H22F3N5O2/c1-3-18-13(19-7-12(23)14(15,16)17)22-4-5-24-11(9-22)10-6-20-21(2)8-10/h6,8,11-12,23H,3-5,7,9H2,1-2H3,(H,18,19). The number of guanidine groups is 1. The first-order valence-corrected chi connectivity index (χ1v) is 7.69. The van der Waals surface area contributed by atoms with E-state index in [-0.39, 0.29) is 6.10 Å². The molecule has 136 valence electrons. The second-order valence-electron chi connectivity index (χ2n) is 5.50. The van der Waals surface area contributed by atoms with Crippen molar-refractivity contribution in [2.75, 3.05) is 32.8 Å². The van der Waals surface area contributed by atoms with Crippen LogP contribution >= 0.6 is 0 Å². The van der Waals surface area contributed by atoms with Crippen LogP contribution in [0.1, 0.15) is 18.6 Å². The molecule has 1 aliphatic heterocycles. The quantitative estimate of drug-likeness (QED) is 0.618. The van der Waals surface area contributed by atoms with Gasteiger partial charge in [0.05, 0.1) is 25.9 Å². The van der Waals surface area contributed by atoms with Crippen molar-refractivity contribution in [2.24, 2.45) is 12.0 Å². The lowest BCUT2D eigenvalue weighted by molar-refractivity contribution is -0.199. The fourth-order valence-corrected chi connectivity index (χ4v) is 2.35. The summed E-state index contributed by atoms with van der Waals surface area (Å²) in [7, 11) is 1.80. The van der Waals surface area contributed by atoms with Crippen molar-refractivity contribution in [1.82, 2.24) is 20.0 Å². The summed E-state index contributed by atoms with van der Waals surface area (Å²) in [5, 5.41) is 16.2. The molecule has 1 aliphatic rings. The van der Waals surface area contributed by atoms with Crippen molar-refractivity contribution in [3.05, 3.63) is 18.0 Å². The molecule has 24 heavy (non-hydrogen) atoms. The normalized spacial score (nSPS) is 21.0. The van der Waals surface area contributed by atoms with Crippen LogP contribution < -0.4 is 5.32 Å². The lowest BCUT2D eigenvalue weighted by atomic mass is 10.1. The van der Waals surface area contributed by atoms with Gasteiger partial charge in [-0.3, -0.25) is 9.67 Å². The molecular weight excluding hydrogens is 327 g/mol. The summed E-state index contributed by atoms with van der Waals surface area (Å²) in [5.41, 5.74) is 0.897. The third kappa shape index (κ3) is 4.84. The maximum Gasteiger partial charge on any atom is 0.416 e. The molecule has 1 aromatic rings. The Kier molecular flexibility index (Phi) is 6.05. The van der Waals surface area contributed by atoms with Crippen LogP contribution in [0.3, 0.4) is 0 Å². The first-order chi connectivity index (χ1) is 11.3. The van der Waals surface area contributed by atoms with Gasteiger partial charge >= 0.3 is 6.18 Å². The van der Waals surface area contributed by atoms with Crippen LogP contribution in [0.25, 0.3) is 0 Å². The van der Waals surface area contributed by atoms with E-state index in [1.54, 1.807) is 17.9 Å². The Morgan fingerprint density at radius 2 is 2.33 bits per heavy atom. The van der Waals surface area contributed by atoms with Crippen molar-refractivity contribution < 1.29 is 23.0 Å². The number of aromatic nitrogens is 2. The molecule has 0 aliphatic carbocycles. The Hall–Kier alpha value is -1.81. The van der Waals surface area contributed by atoms with Crippen LogP contribution in [0, 0.1) is 0 Å². The maximum absolute atomic E-state index is 12.4. The highest BCUT2D eigenvalue weighted by Crippen LogP contribution is 2.22. The first-order valence-electron chi connectivity index (χ1n) is 7.69. The third-order valence-electron chi connectivity index (χ3n) is 3.59. The number of hydrogen-bond donors (Lipinski definition) is 2. The van der Waals surface area contributed by atoms with Crippen LogP contribution in [0.5, 0.6) is 0 Å². The number of rotatable bonds is 4. The van der Waals surface area contributed by atoms with E-state index in [9.17, 15) is 13.2 Å². The van der Waals surface area contributed by atoms with Crippen molar-refractivity contribution in [3.63, 3.8) is 0 Å². The molecule has 2 atom stereocenters. The summed E-state index contributed by atoms with van der Waals surface area (Å²) >= 11 is 0. The Morgan fingerprint density at radius 3 is 2.92 bits per heavy atom. The molecule has 10 heteroatoms.